The van der Waals surface area contributed by atoms with E-state index in [4.69, 9.17) is 9.97 Å². The van der Waals surface area contributed by atoms with Crippen molar-refractivity contribution < 1.29 is 0 Å². The Morgan fingerprint density at radius 2 is 0.797 bits per heavy atom. The number of hydrogen-bond donors (Lipinski definition) is 0. The van der Waals surface area contributed by atoms with Crippen LogP contribution in [-0.2, 0) is 10.8 Å². The summed E-state index contributed by atoms with van der Waals surface area (Å²) in [7, 11) is 0. The van der Waals surface area contributed by atoms with Gasteiger partial charge in [0.05, 0.1) is 44.8 Å². The molecule has 0 fully saturated rings. The van der Waals surface area contributed by atoms with E-state index >= 15 is 0 Å². The molecule has 0 saturated heterocycles. The summed E-state index contributed by atoms with van der Waals surface area (Å²) >= 11 is 0. The summed E-state index contributed by atoms with van der Waals surface area (Å²) in [5, 5.41) is 4.95. The molecule has 11 aromatic rings. The second-order valence-corrected chi connectivity index (χ2v) is 19.1. The minimum atomic E-state index is -0.0173. The van der Waals surface area contributed by atoms with Crippen LogP contribution in [0, 0.1) is 0 Å². The van der Waals surface area contributed by atoms with Crippen LogP contribution < -0.4 is 0 Å². The molecule has 11 rings (SSSR count). The number of rotatable bonds is 6. The summed E-state index contributed by atoms with van der Waals surface area (Å²) in [6.07, 6.45) is 0. The molecule has 0 unspecified atom stereocenters. The number of para-hydroxylation sites is 3. The molecule has 4 nitrogen and oxygen atoms in total. The zero-order valence-electron chi connectivity index (χ0n) is 37.3. The van der Waals surface area contributed by atoms with Crippen molar-refractivity contribution in [1.29, 1.82) is 0 Å². The van der Waals surface area contributed by atoms with Gasteiger partial charge in [0.1, 0.15) is 0 Å². The third-order valence-corrected chi connectivity index (χ3v) is 12.9. The van der Waals surface area contributed by atoms with Crippen molar-refractivity contribution in [3.63, 3.8) is 0 Å². The van der Waals surface area contributed by atoms with E-state index in [0.717, 1.165) is 61.6 Å². The lowest BCUT2D eigenvalue weighted by molar-refractivity contribution is 0.590. The second-order valence-electron chi connectivity index (χ2n) is 19.1. The van der Waals surface area contributed by atoms with E-state index in [1.54, 1.807) is 0 Å². The van der Waals surface area contributed by atoms with Gasteiger partial charge in [-0.25, -0.2) is 9.97 Å². The van der Waals surface area contributed by atoms with E-state index in [-0.39, 0.29) is 10.8 Å². The van der Waals surface area contributed by atoms with E-state index in [1.807, 2.05) is 6.07 Å². The molecule has 0 bridgehead atoms. The molecule has 310 valence electrons. The predicted molar refractivity (Wildman–Crippen MR) is 270 cm³/mol. The fourth-order valence-electron chi connectivity index (χ4n) is 9.56. The predicted octanol–water partition coefficient (Wildman–Crippen LogP) is 15.9. The number of aromatic nitrogens is 4. The van der Waals surface area contributed by atoms with Crippen LogP contribution in [0.25, 0.3) is 100 Å². The summed E-state index contributed by atoms with van der Waals surface area (Å²) < 4.78 is 4.95. The quantitative estimate of drug-likeness (QED) is 0.167. The molecule has 0 atom stereocenters. The average molecular weight is 827 g/mol. The lowest BCUT2D eigenvalue weighted by Crippen LogP contribution is -2.10. The van der Waals surface area contributed by atoms with E-state index in [2.05, 4.69) is 239 Å². The van der Waals surface area contributed by atoms with Crippen molar-refractivity contribution in [3.05, 3.63) is 205 Å². The van der Waals surface area contributed by atoms with Gasteiger partial charge in [-0.15, -0.1) is 0 Å². The van der Waals surface area contributed by atoms with E-state index in [1.165, 1.54) is 43.7 Å². The van der Waals surface area contributed by atoms with Crippen LogP contribution in [0.3, 0.4) is 0 Å². The van der Waals surface area contributed by atoms with Crippen LogP contribution in [0.4, 0.5) is 0 Å². The van der Waals surface area contributed by atoms with Crippen LogP contribution in [0.2, 0.25) is 0 Å². The largest absolute Gasteiger partial charge is 0.309 e. The first-order valence-electron chi connectivity index (χ1n) is 22.3. The maximum Gasteiger partial charge on any atom is 0.160 e. The highest BCUT2D eigenvalue weighted by Gasteiger charge is 2.26. The molecule has 0 aliphatic rings. The van der Waals surface area contributed by atoms with Crippen molar-refractivity contribution in [3.8, 4) is 56.4 Å². The number of benzene rings is 8. The van der Waals surface area contributed by atoms with Gasteiger partial charge >= 0.3 is 0 Å². The Balaban J connectivity index is 1.29. The summed E-state index contributed by atoms with van der Waals surface area (Å²) in [6, 6.07) is 70.4. The minimum Gasteiger partial charge on any atom is -0.309 e. The fourth-order valence-corrected chi connectivity index (χ4v) is 9.56. The van der Waals surface area contributed by atoms with Crippen molar-refractivity contribution in [1.82, 2.24) is 19.1 Å². The van der Waals surface area contributed by atoms with Gasteiger partial charge in [-0.2, -0.15) is 0 Å². The second kappa shape index (κ2) is 15.1. The van der Waals surface area contributed by atoms with Crippen LogP contribution >= 0.6 is 0 Å². The molecule has 3 aromatic heterocycles. The number of fused-ring (bicyclic) bond motifs is 6. The van der Waals surface area contributed by atoms with Crippen molar-refractivity contribution in [2.75, 3.05) is 0 Å². The standard InChI is InChI=1S/C60H50N4/c1-59(2,3)41-32-34-54-47(36-41)48-37-42(60(4,5)6)33-35-55(48)64(54)56-31-19-27-45(50-38-49(39-20-9-7-10-21-39)61-58(62-50)40-22-11-8-12-23-40)57(56)46-26-15-18-30-53(46)63-51-28-16-13-24-43(51)44-25-14-17-29-52(44)63/h7-38H,1-6H3. The van der Waals surface area contributed by atoms with Crippen LogP contribution in [0.5, 0.6) is 0 Å². The Kier molecular flexibility index (Phi) is 9.25. The van der Waals surface area contributed by atoms with Gasteiger partial charge in [0.25, 0.3) is 0 Å². The Hall–Kier alpha value is -7.56. The minimum absolute atomic E-state index is 0.0173. The molecule has 8 aromatic carbocycles. The third kappa shape index (κ3) is 6.60. The molecular formula is C60H50N4. The summed E-state index contributed by atoms with van der Waals surface area (Å²) in [5.41, 5.74) is 16.4. The van der Waals surface area contributed by atoms with Crippen molar-refractivity contribution in [2.45, 2.75) is 52.4 Å². The SMILES string of the molecule is CC(C)(C)c1ccc2c(c1)c1cc(C(C)(C)C)ccc1n2-c1cccc(-c2cc(-c3ccccc3)nc(-c3ccccc3)n2)c1-c1ccccc1-n1c2ccccc2c2ccccc21. The summed E-state index contributed by atoms with van der Waals surface area (Å²) in [5.74, 6) is 0.685. The molecule has 0 aliphatic carbocycles. The number of hydrogen-bond acceptors (Lipinski definition) is 2. The van der Waals surface area contributed by atoms with Gasteiger partial charge < -0.3 is 9.13 Å². The first-order chi connectivity index (χ1) is 31.0. The van der Waals surface area contributed by atoms with E-state index in [0.29, 0.717) is 5.82 Å². The monoisotopic (exact) mass is 826 g/mol. The summed E-state index contributed by atoms with van der Waals surface area (Å²) in [6.45, 7) is 13.8. The zero-order chi connectivity index (χ0) is 43.7. The van der Waals surface area contributed by atoms with Gasteiger partial charge in [-0.3, -0.25) is 0 Å². The van der Waals surface area contributed by atoms with Gasteiger partial charge in [-0.05, 0) is 76.6 Å². The maximum atomic E-state index is 5.48. The van der Waals surface area contributed by atoms with Gasteiger partial charge in [0.2, 0.25) is 0 Å². The molecule has 0 aliphatic heterocycles. The lowest BCUT2D eigenvalue weighted by atomic mass is 9.85. The molecule has 0 spiro atoms. The molecule has 0 radical (unpaired) electrons. The smallest absolute Gasteiger partial charge is 0.160 e. The highest BCUT2D eigenvalue weighted by molar-refractivity contribution is 6.12. The van der Waals surface area contributed by atoms with Crippen LogP contribution in [0.15, 0.2) is 194 Å². The highest BCUT2D eigenvalue weighted by atomic mass is 15.0. The molecule has 3 heterocycles. The first kappa shape index (κ1) is 39.3. The van der Waals surface area contributed by atoms with Crippen molar-refractivity contribution in [2.24, 2.45) is 0 Å². The van der Waals surface area contributed by atoms with Crippen LogP contribution in [-0.4, -0.2) is 19.1 Å². The van der Waals surface area contributed by atoms with Gasteiger partial charge in [0, 0.05) is 49.4 Å². The van der Waals surface area contributed by atoms with Crippen LogP contribution in [0.1, 0.15) is 52.7 Å². The molecule has 4 heteroatoms. The third-order valence-electron chi connectivity index (χ3n) is 12.9. The first-order valence-corrected chi connectivity index (χ1v) is 22.3. The normalized spacial score (nSPS) is 12.2. The maximum absolute atomic E-state index is 5.48. The Bertz CT molecular complexity index is 3380. The zero-order valence-corrected chi connectivity index (χ0v) is 37.3. The Morgan fingerprint density at radius 1 is 0.344 bits per heavy atom. The van der Waals surface area contributed by atoms with Gasteiger partial charge in [-0.1, -0.05) is 181 Å². The van der Waals surface area contributed by atoms with E-state index < -0.39 is 0 Å². The molecular weight excluding hydrogens is 777 g/mol. The fraction of sp³-hybridized carbons (Fsp3) is 0.133. The Labute approximate surface area is 375 Å². The molecule has 0 saturated carbocycles. The lowest BCUT2D eigenvalue weighted by Gasteiger charge is -2.22. The molecule has 64 heavy (non-hydrogen) atoms. The van der Waals surface area contributed by atoms with Gasteiger partial charge in [0.15, 0.2) is 5.82 Å². The highest BCUT2D eigenvalue weighted by Crippen LogP contribution is 2.46. The van der Waals surface area contributed by atoms with Crippen molar-refractivity contribution >= 4 is 43.6 Å². The van der Waals surface area contributed by atoms with E-state index in [9.17, 15) is 0 Å². The Morgan fingerprint density at radius 3 is 1.39 bits per heavy atom. The number of nitrogens with zero attached hydrogens (tertiary/aromatic N) is 4. The topological polar surface area (TPSA) is 35.6 Å². The summed E-state index contributed by atoms with van der Waals surface area (Å²) in [4.78, 5) is 10.7. The molecule has 0 amide bonds. The molecule has 0 N–H and O–H groups in total. The average Bonchev–Trinajstić information content (AvgIpc) is 3.83.